The van der Waals surface area contributed by atoms with Crippen LogP contribution in [-0.2, 0) is 0 Å². The number of rotatable bonds is 3. The van der Waals surface area contributed by atoms with Crippen LogP contribution >= 0.6 is 11.3 Å². The van der Waals surface area contributed by atoms with Crippen molar-refractivity contribution < 1.29 is 0 Å². The maximum Gasteiger partial charge on any atom is 0.205 e. The van der Waals surface area contributed by atoms with E-state index in [2.05, 4.69) is 28.3 Å². The van der Waals surface area contributed by atoms with E-state index in [0.29, 0.717) is 5.56 Å². The van der Waals surface area contributed by atoms with Crippen LogP contribution in [0.1, 0.15) is 11.1 Å². The minimum absolute atomic E-state index is 0.638. The molecule has 0 radical (unpaired) electrons. The Labute approximate surface area is 138 Å². The van der Waals surface area contributed by atoms with Crippen molar-refractivity contribution >= 4 is 17.6 Å². The van der Waals surface area contributed by atoms with Gasteiger partial charge in [-0.1, -0.05) is 42.5 Å². The van der Waals surface area contributed by atoms with Gasteiger partial charge >= 0.3 is 0 Å². The van der Waals surface area contributed by atoms with E-state index in [-0.39, 0.29) is 0 Å². The van der Waals surface area contributed by atoms with Gasteiger partial charge in [0, 0.05) is 18.0 Å². The highest BCUT2D eigenvalue weighted by molar-refractivity contribution is 7.07. The van der Waals surface area contributed by atoms with Crippen molar-refractivity contribution in [3.8, 4) is 17.3 Å². The Morgan fingerprint density at radius 2 is 1.83 bits per heavy atom. The zero-order valence-electron chi connectivity index (χ0n) is 12.5. The topological polar surface area (TPSA) is 53.4 Å². The van der Waals surface area contributed by atoms with Gasteiger partial charge in [-0.3, -0.25) is 4.99 Å². The summed E-state index contributed by atoms with van der Waals surface area (Å²) in [5.74, 6) is 0. The Balaban J connectivity index is 2.00. The van der Waals surface area contributed by atoms with E-state index in [4.69, 9.17) is 5.26 Å². The second-order valence-corrected chi connectivity index (χ2v) is 5.62. The monoisotopic (exact) mass is 318 g/mol. The second-order valence-electron chi connectivity index (χ2n) is 4.78. The molecule has 0 saturated carbocycles. The molecule has 2 aromatic carbocycles. The number of thiazole rings is 1. The van der Waals surface area contributed by atoms with Crippen LogP contribution in [0.15, 0.2) is 70.1 Å². The molecule has 112 valence electrons. The SMILES string of the molecule is CN=c1scc(-c2ccccc2)n1N=Cc1ccc(C#N)cc1. The first kappa shape index (κ1) is 14.9. The van der Waals surface area contributed by atoms with Crippen molar-refractivity contribution in [1.29, 1.82) is 5.26 Å². The third kappa shape index (κ3) is 3.28. The molecule has 4 nitrogen and oxygen atoms in total. The standard InChI is InChI=1S/C18H14N4S/c1-20-18-22(17(13-23-18)16-5-3-2-4-6-16)21-12-15-9-7-14(11-19)8-10-15/h2-10,12-13H,1H3. The zero-order valence-corrected chi connectivity index (χ0v) is 13.4. The fourth-order valence-corrected chi connectivity index (χ4v) is 2.94. The Hall–Kier alpha value is -2.97. The molecule has 0 fully saturated rings. The lowest BCUT2D eigenvalue weighted by Crippen LogP contribution is -2.11. The lowest BCUT2D eigenvalue weighted by Gasteiger charge is -2.03. The fraction of sp³-hybridized carbons (Fsp3) is 0.0556. The molecule has 5 heteroatoms. The van der Waals surface area contributed by atoms with Crippen LogP contribution in [0.4, 0.5) is 0 Å². The largest absolute Gasteiger partial charge is 0.261 e. The number of hydrogen-bond acceptors (Lipinski definition) is 4. The first-order valence-corrected chi connectivity index (χ1v) is 7.93. The molecule has 0 aliphatic heterocycles. The highest BCUT2D eigenvalue weighted by Crippen LogP contribution is 2.19. The van der Waals surface area contributed by atoms with Gasteiger partial charge < -0.3 is 0 Å². The number of aromatic nitrogens is 1. The number of hydrogen-bond donors (Lipinski definition) is 0. The minimum atomic E-state index is 0.638. The summed E-state index contributed by atoms with van der Waals surface area (Å²) in [7, 11) is 1.76. The fourth-order valence-electron chi connectivity index (χ4n) is 2.14. The Bertz CT molecular complexity index is 926. The Kier molecular flexibility index (Phi) is 4.46. The van der Waals surface area contributed by atoms with Gasteiger partial charge in [-0.15, -0.1) is 11.3 Å². The molecule has 0 atom stereocenters. The van der Waals surface area contributed by atoms with Gasteiger partial charge in [-0.05, 0) is 17.7 Å². The highest BCUT2D eigenvalue weighted by Gasteiger charge is 2.06. The Morgan fingerprint density at radius 1 is 1.09 bits per heavy atom. The van der Waals surface area contributed by atoms with Crippen molar-refractivity contribution in [2.24, 2.45) is 10.1 Å². The van der Waals surface area contributed by atoms with Crippen LogP contribution in [0.5, 0.6) is 0 Å². The summed E-state index contributed by atoms with van der Waals surface area (Å²) < 4.78 is 1.83. The number of benzene rings is 2. The maximum absolute atomic E-state index is 8.84. The van der Waals surface area contributed by atoms with Gasteiger partial charge in [0.15, 0.2) is 0 Å². The van der Waals surface area contributed by atoms with Crippen LogP contribution in [0.3, 0.4) is 0 Å². The molecule has 0 amide bonds. The molecule has 0 aliphatic rings. The van der Waals surface area contributed by atoms with Gasteiger partial charge in [-0.2, -0.15) is 10.4 Å². The predicted octanol–water partition coefficient (Wildman–Crippen LogP) is 3.50. The molecule has 3 aromatic rings. The van der Waals surface area contributed by atoms with Gasteiger partial charge in [0.2, 0.25) is 4.80 Å². The molecular formula is C18H14N4S. The third-order valence-electron chi connectivity index (χ3n) is 3.31. The summed E-state index contributed by atoms with van der Waals surface area (Å²) in [6, 6.07) is 19.5. The van der Waals surface area contributed by atoms with E-state index in [1.54, 1.807) is 36.7 Å². The van der Waals surface area contributed by atoms with Gasteiger partial charge in [0.05, 0.1) is 23.5 Å². The quantitative estimate of drug-likeness (QED) is 0.682. The maximum atomic E-state index is 8.84. The van der Waals surface area contributed by atoms with Crippen LogP contribution in [0.25, 0.3) is 11.3 Å². The molecule has 3 rings (SSSR count). The highest BCUT2D eigenvalue weighted by atomic mass is 32.1. The van der Waals surface area contributed by atoms with E-state index >= 15 is 0 Å². The molecule has 0 aliphatic carbocycles. The normalized spacial score (nSPS) is 11.7. The van der Waals surface area contributed by atoms with E-state index in [9.17, 15) is 0 Å². The van der Waals surface area contributed by atoms with Gasteiger partial charge in [0.1, 0.15) is 0 Å². The van der Waals surface area contributed by atoms with Crippen LogP contribution in [0.2, 0.25) is 0 Å². The molecule has 1 heterocycles. The predicted molar refractivity (Wildman–Crippen MR) is 93.4 cm³/mol. The molecule has 23 heavy (non-hydrogen) atoms. The summed E-state index contributed by atoms with van der Waals surface area (Å²) in [5, 5.41) is 15.5. The number of nitrogens with zero attached hydrogens (tertiary/aromatic N) is 4. The molecule has 0 bridgehead atoms. The molecule has 0 spiro atoms. The van der Waals surface area contributed by atoms with Crippen molar-refractivity contribution in [1.82, 2.24) is 4.68 Å². The summed E-state index contributed by atoms with van der Waals surface area (Å²) in [5.41, 5.74) is 3.67. The van der Waals surface area contributed by atoms with E-state index in [1.807, 2.05) is 40.4 Å². The van der Waals surface area contributed by atoms with Gasteiger partial charge in [-0.25, -0.2) is 4.68 Å². The number of nitriles is 1. The lowest BCUT2D eigenvalue weighted by atomic mass is 10.2. The molecule has 0 unspecified atom stereocenters. The first-order valence-electron chi connectivity index (χ1n) is 7.05. The summed E-state index contributed by atoms with van der Waals surface area (Å²) in [4.78, 5) is 5.11. The van der Waals surface area contributed by atoms with Gasteiger partial charge in [0.25, 0.3) is 0 Å². The summed E-state index contributed by atoms with van der Waals surface area (Å²) >= 11 is 1.55. The molecular weight excluding hydrogens is 304 g/mol. The van der Waals surface area contributed by atoms with Crippen molar-refractivity contribution in [2.75, 3.05) is 7.05 Å². The first-order chi connectivity index (χ1) is 11.3. The van der Waals surface area contributed by atoms with Crippen LogP contribution in [-0.4, -0.2) is 17.9 Å². The van der Waals surface area contributed by atoms with E-state index in [1.165, 1.54) is 0 Å². The van der Waals surface area contributed by atoms with Crippen molar-refractivity contribution in [3.63, 3.8) is 0 Å². The molecule has 0 saturated heterocycles. The van der Waals surface area contributed by atoms with Crippen LogP contribution in [0, 0.1) is 11.3 Å². The second kappa shape index (κ2) is 6.86. The summed E-state index contributed by atoms with van der Waals surface area (Å²) in [6.07, 6.45) is 1.77. The lowest BCUT2D eigenvalue weighted by molar-refractivity contribution is 0.848. The third-order valence-corrected chi connectivity index (χ3v) is 4.22. The average molecular weight is 318 g/mol. The molecule has 0 N–H and O–H groups in total. The smallest absolute Gasteiger partial charge is 0.205 e. The van der Waals surface area contributed by atoms with Crippen molar-refractivity contribution in [2.45, 2.75) is 0 Å². The van der Waals surface area contributed by atoms with E-state index < -0.39 is 0 Å². The zero-order chi connectivity index (χ0) is 16.1. The minimum Gasteiger partial charge on any atom is -0.261 e. The van der Waals surface area contributed by atoms with Crippen LogP contribution < -0.4 is 4.80 Å². The summed E-state index contributed by atoms with van der Waals surface area (Å²) in [6.45, 7) is 0. The van der Waals surface area contributed by atoms with E-state index in [0.717, 1.165) is 21.6 Å². The molecule has 1 aromatic heterocycles. The Morgan fingerprint density at radius 3 is 2.48 bits per heavy atom. The van der Waals surface area contributed by atoms with Crippen molar-refractivity contribution in [3.05, 3.63) is 75.9 Å². The average Bonchev–Trinajstić information content (AvgIpc) is 3.04.